The zero-order chi connectivity index (χ0) is 22.0. The van der Waals surface area contributed by atoms with Gasteiger partial charge in [0, 0.05) is 23.3 Å². The molecule has 4 aromatic rings. The Kier molecular flexibility index (Phi) is 5.62. The standard InChI is InChI=1S/C22H20N4O3S2/c1-15-6-8-17(9-7-15)25-31(28,29)20-11-13-30-21(20)22(27)24-18-4-3-5-19(14-18)26-16(2)10-12-23-26/h3-14,25H,1-2H3,(H,24,27). The van der Waals surface area contributed by atoms with Crippen molar-refractivity contribution in [2.45, 2.75) is 18.7 Å². The molecule has 0 aliphatic heterocycles. The summed E-state index contributed by atoms with van der Waals surface area (Å²) in [6, 6.07) is 17.5. The van der Waals surface area contributed by atoms with E-state index in [1.165, 1.54) is 6.07 Å². The molecular weight excluding hydrogens is 432 g/mol. The summed E-state index contributed by atoms with van der Waals surface area (Å²) in [5.41, 5.74) is 3.75. The monoisotopic (exact) mass is 452 g/mol. The van der Waals surface area contributed by atoms with Gasteiger partial charge < -0.3 is 5.32 Å². The third kappa shape index (κ3) is 4.52. The topological polar surface area (TPSA) is 93.1 Å². The molecule has 1 amide bonds. The molecule has 2 N–H and O–H groups in total. The van der Waals surface area contributed by atoms with E-state index in [9.17, 15) is 13.2 Å². The number of benzene rings is 2. The highest BCUT2D eigenvalue weighted by Gasteiger charge is 2.24. The SMILES string of the molecule is Cc1ccc(NS(=O)(=O)c2ccsc2C(=O)Nc2cccc(-n3nccc3C)c2)cc1. The van der Waals surface area contributed by atoms with Crippen molar-refractivity contribution in [1.82, 2.24) is 9.78 Å². The molecule has 0 radical (unpaired) electrons. The molecule has 0 saturated heterocycles. The fourth-order valence-electron chi connectivity index (χ4n) is 3.05. The van der Waals surface area contributed by atoms with Gasteiger partial charge in [0.2, 0.25) is 0 Å². The molecule has 158 valence electrons. The number of carbonyl (C=O) groups is 1. The number of thiophene rings is 1. The molecule has 31 heavy (non-hydrogen) atoms. The van der Waals surface area contributed by atoms with Gasteiger partial charge in [-0.1, -0.05) is 23.8 Å². The van der Waals surface area contributed by atoms with Crippen LogP contribution in [0.15, 0.2) is 77.1 Å². The van der Waals surface area contributed by atoms with Crippen molar-refractivity contribution in [3.63, 3.8) is 0 Å². The first-order valence-electron chi connectivity index (χ1n) is 9.43. The smallest absolute Gasteiger partial charge is 0.267 e. The largest absolute Gasteiger partial charge is 0.321 e. The van der Waals surface area contributed by atoms with E-state index in [0.29, 0.717) is 11.4 Å². The first-order chi connectivity index (χ1) is 14.8. The fraction of sp³-hybridized carbons (Fsp3) is 0.0909. The molecule has 0 fully saturated rings. The van der Waals surface area contributed by atoms with Crippen LogP contribution >= 0.6 is 11.3 Å². The van der Waals surface area contributed by atoms with E-state index in [1.54, 1.807) is 46.6 Å². The van der Waals surface area contributed by atoms with Crippen LogP contribution in [-0.4, -0.2) is 24.1 Å². The number of rotatable bonds is 6. The summed E-state index contributed by atoms with van der Waals surface area (Å²) in [6.07, 6.45) is 1.70. The van der Waals surface area contributed by atoms with Crippen molar-refractivity contribution < 1.29 is 13.2 Å². The van der Waals surface area contributed by atoms with E-state index in [1.807, 2.05) is 38.1 Å². The Bertz CT molecular complexity index is 1340. The van der Waals surface area contributed by atoms with Crippen LogP contribution in [0, 0.1) is 13.8 Å². The molecular formula is C22H20N4O3S2. The molecule has 2 heterocycles. The minimum atomic E-state index is -3.91. The van der Waals surface area contributed by atoms with Crippen LogP contribution in [0.3, 0.4) is 0 Å². The van der Waals surface area contributed by atoms with Crippen LogP contribution in [0.4, 0.5) is 11.4 Å². The van der Waals surface area contributed by atoms with Crippen LogP contribution in [-0.2, 0) is 10.0 Å². The average molecular weight is 453 g/mol. The molecule has 0 bridgehead atoms. The van der Waals surface area contributed by atoms with E-state index in [0.717, 1.165) is 28.3 Å². The predicted octanol–water partition coefficient (Wildman–Crippen LogP) is 4.60. The molecule has 0 unspecified atom stereocenters. The maximum Gasteiger partial charge on any atom is 0.267 e. The van der Waals surface area contributed by atoms with Crippen molar-refractivity contribution >= 4 is 38.6 Å². The molecule has 9 heteroatoms. The summed E-state index contributed by atoms with van der Waals surface area (Å²) >= 11 is 1.07. The number of hydrogen-bond donors (Lipinski definition) is 2. The normalized spacial score (nSPS) is 11.3. The van der Waals surface area contributed by atoms with Crippen LogP contribution in [0.2, 0.25) is 0 Å². The van der Waals surface area contributed by atoms with Crippen LogP contribution in [0.1, 0.15) is 20.9 Å². The predicted molar refractivity (Wildman–Crippen MR) is 123 cm³/mol. The number of amides is 1. The molecule has 0 aliphatic rings. The maximum atomic E-state index is 12.9. The average Bonchev–Trinajstić information content (AvgIpc) is 3.39. The van der Waals surface area contributed by atoms with Crippen molar-refractivity contribution in [2.75, 3.05) is 10.0 Å². The third-order valence-electron chi connectivity index (χ3n) is 4.61. The van der Waals surface area contributed by atoms with Crippen molar-refractivity contribution in [3.8, 4) is 5.69 Å². The number of hydrogen-bond acceptors (Lipinski definition) is 5. The first kappa shape index (κ1) is 20.8. The van der Waals surface area contributed by atoms with Gasteiger partial charge in [0.05, 0.1) is 5.69 Å². The summed E-state index contributed by atoms with van der Waals surface area (Å²) in [7, 11) is -3.91. The van der Waals surface area contributed by atoms with Crippen molar-refractivity contribution in [3.05, 3.63) is 88.4 Å². The Hall–Kier alpha value is -3.43. The van der Waals surface area contributed by atoms with Gasteiger partial charge in [0.25, 0.3) is 15.9 Å². The lowest BCUT2D eigenvalue weighted by Crippen LogP contribution is -2.18. The number of sulfonamides is 1. The number of anilines is 2. The van der Waals surface area contributed by atoms with Gasteiger partial charge >= 0.3 is 0 Å². The van der Waals surface area contributed by atoms with Crippen LogP contribution in [0.25, 0.3) is 5.69 Å². The van der Waals surface area contributed by atoms with Crippen LogP contribution < -0.4 is 10.0 Å². The highest BCUT2D eigenvalue weighted by Crippen LogP contribution is 2.26. The van der Waals surface area contributed by atoms with Crippen LogP contribution in [0.5, 0.6) is 0 Å². The Labute approximate surface area is 184 Å². The Morgan fingerprint density at radius 1 is 1.00 bits per heavy atom. The maximum absolute atomic E-state index is 12.9. The minimum Gasteiger partial charge on any atom is -0.321 e. The number of aryl methyl sites for hydroxylation is 2. The fourth-order valence-corrected chi connectivity index (χ4v) is 5.43. The molecule has 0 spiro atoms. The van der Waals surface area contributed by atoms with E-state index in [4.69, 9.17) is 0 Å². The summed E-state index contributed by atoms with van der Waals surface area (Å²) in [6.45, 7) is 3.85. The number of carbonyl (C=O) groups excluding carboxylic acids is 1. The molecule has 2 aromatic heterocycles. The van der Waals surface area contributed by atoms with Gasteiger partial charge in [-0.3, -0.25) is 9.52 Å². The molecule has 4 rings (SSSR count). The second kappa shape index (κ2) is 8.37. The highest BCUT2D eigenvalue weighted by atomic mass is 32.2. The first-order valence-corrected chi connectivity index (χ1v) is 11.8. The third-order valence-corrected chi connectivity index (χ3v) is 7.08. The van der Waals surface area contributed by atoms with Gasteiger partial charge in [-0.05, 0) is 61.7 Å². The lowest BCUT2D eigenvalue weighted by Gasteiger charge is -2.11. The molecule has 0 saturated carbocycles. The molecule has 7 nitrogen and oxygen atoms in total. The second-order valence-corrected chi connectivity index (χ2v) is 9.54. The van der Waals surface area contributed by atoms with E-state index < -0.39 is 15.9 Å². The van der Waals surface area contributed by atoms with Gasteiger partial charge in [0.1, 0.15) is 9.77 Å². The second-order valence-electron chi connectivity index (χ2n) is 6.97. The number of aromatic nitrogens is 2. The molecule has 0 aliphatic carbocycles. The molecule has 0 atom stereocenters. The Balaban J connectivity index is 1.57. The lowest BCUT2D eigenvalue weighted by atomic mass is 10.2. The number of nitrogens with zero attached hydrogens (tertiary/aromatic N) is 2. The zero-order valence-electron chi connectivity index (χ0n) is 16.9. The number of nitrogens with one attached hydrogen (secondary N) is 2. The summed E-state index contributed by atoms with van der Waals surface area (Å²) < 4.78 is 30.0. The zero-order valence-corrected chi connectivity index (χ0v) is 18.5. The summed E-state index contributed by atoms with van der Waals surface area (Å²) in [5.74, 6) is -0.492. The van der Waals surface area contributed by atoms with Gasteiger partial charge in [0.15, 0.2) is 0 Å². The van der Waals surface area contributed by atoms with Gasteiger partial charge in [-0.25, -0.2) is 13.1 Å². The van der Waals surface area contributed by atoms with Crippen molar-refractivity contribution in [2.24, 2.45) is 0 Å². The summed E-state index contributed by atoms with van der Waals surface area (Å²) in [5, 5.41) is 8.64. The Morgan fingerprint density at radius 3 is 2.48 bits per heavy atom. The van der Waals surface area contributed by atoms with E-state index in [-0.39, 0.29) is 9.77 Å². The van der Waals surface area contributed by atoms with Gasteiger partial charge in [-0.15, -0.1) is 11.3 Å². The molecule has 2 aromatic carbocycles. The highest BCUT2D eigenvalue weighted by molar-refractivity contribution is 7.93. The van der Waals surface area contributed by atoms with Crippen molar-refractivity contribution in [1.29, 1.82) is 0 Å². The minimum absolute atomic E-state index is 0.0605. The summed E-state index contributed by atoms with van der Waals surface area (Å²) in [4.78, 5) is 12.9. The van der Waals surface area contributed by atoms with Gasteiger partial charge in [-0.2, -0.15) is 5.10 Å². The Morgan fingerprint density at radius 2 is 1.77 bits per heavy atom. The lowest BCUT2D eigenvalue weighted by molar-refractivity contribution is 0.102. The van der Waals surface area contributed by atoms with E-state index >= 15 is 0 Å². The van der Waals surface area contributed by atoms with E-state index in [2.05, 4.69) is 15.1 Å². The quantitative estimate of drug-likeness (QED) is 0.447.